The van der Waals surface area contributed by atoms with Crippen molar-refractivity contribution in [3.8, 4) is 11.5 Å². The van der Waals surface area contributed by atoms with Crippen molar-refractivity contribution >= 4 is 5.78 Å². The number of nitrogens with zero attached hydrogens (tertiary/aromatic N) is 1. The fourth-order valence-electron chi connectivity index (χ4n) is 2.03. The average molecular weight is 283 g/mol. The second kappa shape index (κ2) is 7.60. The van der Waals surface area contributed by atoms with Gasteiger partial charge < -0.3 is 9.64 Å². The van der Waals surface area contributed by atoms with E-state index in [9.17, 15) is 4.79 Å². The number of hydrogen-bond donors (Lipinski definition) is 0. The number of ether oxygens (including phenoxy) is 1. The molecule has 0 saturated carbocycles. The molecular formula is C18H21NO2. The van der Waals surface area contributed by atoms with E-state index in [4.69, 9.17) is 4.74 Å². The summed E-state index contributed by atoms with van der Waals surface area (Å²) in [7, 11) is 4.03. The van der Waals surface area contributed by atoms with Crippen molar-refractivity contribution < 1.29 is 9.53 Å². The molecule has 0 aliphatic heterocycles. The summed E-state index contributed by atoms with van der Waals surface area (Å²) in [5.41, 5.74) is 0.745. The highest BCUT2D eigenvalue weighted by atomic mass is 16.5. The van der Waals surface area contributed by atoms with Crippen LogP contribution in [0.3, 0.4) is 0 Å². The summed E-state index contributed by atoms with van der Waals surface area (Å²) in [4.78, 5) is 14.1. The first-order valence-corrected chi connectivity index (χ1v) is 7.16. The van der Waals surface area contributed by atoms with Gasteiger partial charge in [0.2, 0.25) is 0 Å². The van der Waals surface area contributed by atoms with Crippen LogP contribution in [0.1, 0.15) is 23.2 Å². The van der Waals surface area contributed by atoms with E-state index in [2.05, 4.69) is 4.90 Å². The number of para-hydroxylation sites is 1. The molecule has 0 amide bonds. The standard InChI is InChI=1S/C18H21NO2/c1-19(2)14-6-9-18(20)15-10-12-17(13-11-15)21-16-7-4-3-5-8-16/h3-5,7-8,10-13H,6,9,14H2,1-2H3. The summed E-state index contributed by atoms with van der Waals surface area (Å²) in [5.74, 6) is 1.72. The zero-order valence-electron chi connectivity index (χ0n) is 12.6. The minimum atomic E-state index is 0.183. The van der Waals surface area contributed by atoms with Crippen LogP contribution in [0.5, 0.6) is 11.5 Å². The number of carbonyl (C=O) groups excluding carboxylic acids is 1. The topological polar surface area (TPSA) is 29.5 Å². The number of rotatable bonds is 7. The van der Waals surface area contributed by atoms with Crippen molar-refractivity contribution in [3.63, 3.8) is 0 Å². The first-order valence-electron chi connectivity index (χ1n) is 7.16. The van der Waals surface area contributed by atoms with E-state index in [0.29, 0.717) is 6.42 Å². The van der Waals surface area contributed by atoms with Gasteiger partial charge in [0.25, 0.3) is 0 Å². The van der Waals surface area contributed by atoms with Crippen molar-refractivity contribution in [3.05, 3.63) is 60.2 Å². The van der Waals surface area contributed by atoms with E-state index in [1.165, 1.54) is 0 Å². The Kier molecular flexibility index (Phi) is 5.52. The molecule has 0 spiro atoms. The van der Waals surface area contributed by atoms with Crippen LogP contribution >= 0.6 is 0 Å². The Bertz CT molecular complexity index is 562. The van der Waals surface area contributed by atoms with Crippen LogP contribution in [0.15, 0.2) is 54.6 Å². The third kappa shape index (κ3) is 5.04. The van der Waals surface area contributed by atoms with Crippen LogP contribution in [-0.2, 0) is 0 Å². The molecule has 0 heterocycles. The largest absolute Gasteiger partial charge is 0.457 e. The highest BCUT2D eigenvalue weighted by Gasteiger charge is 2.06. The molecule has 0 aliphatic carbocycles. The smallest absolute Gasteiger partial charge is 0.162 e. The lowest BCUT2D eigenvalue weighted by Gasteiger charge is -2.09. The maximum absolute atomic E-state index is 12.0. The molecule has 2 aromatic carbocycles. The summed E-state index contributed by atoms with van der Waals surface area (Å²) in [6, 6.07) is 16.9. The molecule has 2 aromatic rings. The van der Waals surface area contributed by atoms with Crippen LogP contribution in [0.25, 0.3) is 0 Å². The van der Waals surface area contributed by atoms with Gasteiger partial charge in [-0.1, -0.05) is 18.2 Å². The zero-order valence-corrected chi connectivity index (χ0v) is 12.6. The first kappa shape index (κ1) is 15.3. The Morgan fingerprint density at radius 2 is 1.57 bits per heavy atom. The average Bonchev–Trinajstić information content (AvgIpc) is 2.48. The lowest BCUT2D eigenvalue weighted by atomic mass is 10.1. The Balaban J connectivity index is 1.91. The lowest BCUT2D eigenvalue weighted by molar-refractivity contribution is 0.0977. The third-order valence-electron chi connectivity index (χ3n) is 3.16. The number of Topliss-reactive ketones (excluding diaryl/α,β-unsaturated/α-hetero) is 1. The van der Waals surface area contributed by atoms with Crippen molar-refractivity contribution in [2.75, 3.05) is 20.6 Å². The van der Waals surface area contributed by atoms with Gasteiger partial charge in [0, 0.05) is 12.0 Å². The minimum Gasteiger partial charge on any atom is -0.457 e. The minimum absolute atomic E-state index is 0.183. The molecule has 0 aliphatic rings. The lowest BCUT2D eigenvalue weighted by Crippen LogP contribution is -2.14. The van der Waals surface area contributed by atoms with Gasteiger partial charge in [-0.25, -0.2) is 0 Å². The molecule has 110 valence electrons. The van der Waals surface area contributed by atoms with Crippen LogP contribution in [0, 0.1) is 0 Å². The maximum Gasteiger partial charge on any atom is 0.162 e. The van der Waals surface area contributed by atoms with Crippen LogP contribution in [-0.4, -0.2) is 31.3 Å². The predicted octanol–water partition coefficient (Wildman–Crippen LogP) is 4.00. The second-order valence-corrected chi connectivity index (χ2v) is 5.27. The predicted molar refractivity (Wildman–Crippen MR) is 85.1 cm³/mol. The van der Waals surface area contributed by atoms with Crippen molar-refractivity contribution in [2.45, 2.75) is 12.8 Å². The van der Waals surface area contributed by atoms with E-state index < -0.39 is 0 Å². The molecule has 0 radical (unpaired) electrons. The fourth-order valence-corrected chi connectivity index (χ4v) is 2.03. The Morgan fingerprint density at radius 1 is 0.952 bits per heavy atom. The van der Waals surface area contributed by atoms with Crippen molar-refractivity contribution in [1.29, 1.82) is 0 Å². The molecule has 2 rings (SSSR count). The van der Waals surface area contributed by atoms with E-state index in [0.717, 1.165) is 30.0 Å². The molecule has 0 fully saturated rings. The molecule has 0 saturated heterocycles. The molecule has 0 atom stereocenters. The van der Waals surface area contributed by atoms with E-state index >= 15 is 0 Å². The Labute approximate surface area is 126 Å². The third-order valence-corrected chi connectivity index (χ3v) is 3.16. The van der Waals surface area contributed by atoms with Gasteiger partial charge in [0.05, 0.1) is 0 Å². The summed E-state index contributed by atoms with van der Waals surface area (Å²) in [6.45, 7) is 0.931. The Hall–Kier alpha value is -2.13. The second-order valence-electron chi connectivity index (χ2n) is 5.27. The number of hydrogen-bond acceptors (Lipinski definition) is 3. The summed E-state index contributed by atoms with van der Waals surface area (Å²) in [5, 5.41) is 0. The molecule has 0 N–H and O–H groups in total. The molecule has 21 heavy (non-hydrogen) atoms. The van der Waals surface area contributed by atoms with E-state index in [-0.39, 0.29) is 5.78 Å². The monoisotopic (exact) mass is 283 g/mol. The van der Waals surface area contributed by atoms with Gasteiger partial charge in [-0.15, -0.1) is 0 Å². The molecule has 3 nitrogen and oxygen atoms in total. The van der Waals surface area contributed by atoms with Crippen LogP contribution < -0.4 is 4.74 Å². The summed E-state index contributed by atoms with van der Waals surface area (Å²) < 4.78 is 5.71. The quantitative estimate of drug-likeness (QED) is 0.719. The van der Waals surface area contributed by atoms with Gasteiger partial charge in [-0.2, -0.15) is 0 Å². The van der Waals surface area contributed by atoms with Crippen LogP contribution in [0.2, 0.25) is 0 Å². The molecule has 0 unspecified atom stereocenters. The SMILES string of the molecule is CN(C)CCCC(=O)c1ccc(Oc2ccccc2)cc1. The highest BCUT2D eigenvalue weighted by Crippen LogP contribution is 2.21. The molecule has 0 aromatic heterocycles. The van der Waals surface area contributed by atoms with Gasteiger partial charge >= 0.3 is 0 Å². The maximum atomic E-state index is 12.0. The van der Waals surface area contributed by atoms with Gasteiger partial charge in [0.15, 0.2) is 5.78 Å². The van der Waals surface area contributed by atoms with Gasteiger partial charge in [-0.05, 0) is 63.5 Å². The molecular weight excluding hydrogens is 262 g/mol. The number of benzene rings is 2. The zero-order chi connectivity index (χ0) is 15.1. The van der Waals surface area contributed by atoms with Gasteiger partial charge in [-0.3, -0.25) is 4.79 Å². The van der Waals surface area contributed by atoms with Gasteiger partial charge in [0.1, 0.15) is 11.5 Å². The highest BCUT2D eigenvalue weighted by molar-refractivity contribution is 5.96. The number of carbonyl (C=O) groups is 1. The molecule has 3 heteroatoms. The van der Waals surface area contributed by atoms with Crippen LogP contribution in [0.4, 0.5) is 0 Å². The summed E-state index contributed by atoms with van der Waals surface area (Å²) in [6.07, 6.45) is 1.46. The first-order chi connectivity index (χ1) is 10.1. The van der Waals surface area contributed by atoms with Crippen molar-refractivity contribution in [1.82, 2.24) is 4.90 Å². The Morgan fingerprint density at radius 3 is 2.19 bits per heavy atom. The normalized spacial score (nSPS) is 10.6. The van der Waals surface area contributed by atoms with E-state index in [1.807, 2.05) is 68.7 Å². The number of ketones is 1. The van der Waals surface area contributed by atoms with E-state index in [1.54, 1.807) is 0 Å². The summed E-state index contributed by atoms with van der Waals surface area (Å²) >= 11 is 0. The fraction of sp³-hybridized carbons (Fsp3) is 0.278. The van der Waals surface area contributed by atoms with Crippen molar-refractivity contribution in [2.24, 2.45) is 0 Å². The molecule has 0 bridgehead atoms.